The number of hydrogen-bond donors (Lipinski definition) is 2. The molecule has 0 aliphatic heterocycles. The molecule has 0 bridgehead atoms. The first-order valence-corrected chi connectivity index (χ1v) is 9.87. The van der Waals surface area contributed by atoms with Gasteiger partial charge in [-0.1, -0.05) is 24.3 Å². The number of benzene rings is 3. The Bertz CT molecular complexity index is 1140. The number of phenolic OH excluding ortho intramolecular Hbond substituents is 1. The third-order valence-corrected chi connectivity index (χ3v) is 4.83. The number of anilines is 2. The van der Waals surface area contributed by atoms with Crippen molar-refractivity contribution in [2.45, 2.75) is 0 Å². The Hall–Kier alpha value is -3.45. The van der Waals surface area contributed by atoms with E-state index < -0.39 is 11.1 Å². The third-order valence-electron chi connectivity index (χ3n) is 4.40. The van der Waals surface area contributed by atoms with Crippen LogP contribution in [-0.2, 0) is 11.1 Å². The standard InChI is InChI=1S/C21H15NO5S/c1-28(26)27-13-8-6-12(7-9-13)22-16-10-11-17(23)19-18(16)20(24)14-4-2-3-5-15(14)21(19)25/h2-11,22-23H,1H3. The summed E-state index contributed by atoms with van der Waals surface area (Å²) in [6.45, 7) is 0. The zero-order valence-corrected chi connectivity index (χ0v) is 15.6. The predicted molar refractivity (Wildman–Crippen MR) is 106 cm³/mol. The number of phenols is 1. The Morgan fingerprint density at radius 1 is 0.857 bits per heavy atom. The summed E-state index contributed by atoms with van der Waals surface area (Å²) < 4.78 is 16.2. The van der Waals surface area contributed by atoms with Crippen molar-refractivity contribution in [3.63, 3.8) is 0 Å². The number of nitrogens with one attached hydrogen (secondary N) is 1. The summed E-state index contributed by atoms with van der Waals surface area (Å²) >= 11 is -1.43. The molecule has 140 valence electrons. The van der Waals surface area contributed by atoms with Crippen LogP contribution < -0.4 is 9.50 Å². The molecular formula is C21H15NO5S. The van der Waals surface area contributed by atoms with Crippen molar-refractivity contribution < 1.29 is 23.1 Å². The summed E-state index contributed by atoms with van der Waals surface area (Å²) in [5.41, 5.74) is 1.77. The number of rotatable bonds is 4. The first-order chi connectivity index (χ1) is 13.5. The molecule has 0 heterocycles. The first kappa shape index (κ1) is 17.9. The van der Waals surface area contributed by atoms with Gasteiger partial charge in [0, 0.05) is 23.1 Å². The van der Waals surface area contributed by atoms with Gasteiger partial charge in [-0.15, -0.1) is 0 Å². The lowest BCUT2D eigenvalue weighted by atomic mass is 9.82. The highest BCUT2D eigenvalue weighted by Crippen LogP contribution is 2.38. The molecule has 1 aliphatic rings. The normalized spacial score (nSPS) is 13.5. The fourth-order valence-corrected chi connectivity index (χ4v) is 3.58. The molecule has 6 nitrogen and oxygen atoms in total. The number of aromatic hydroxyl groups is 1. The molecule has 0 aromatic heterocycles. The maximum atomic E-state index is 13.0. The summed E-state index contributed by atoms with van der Waals surface area (Å²) in [5.74, 6) is -0.507. The molecule has 7 heteroatoms. The van der Waals surface area contributed by atoms with Gasteiger partial charge in [-0.05, 0) is 36.4 Å². The lowest BCUT2D eigenvalue weighted by Crippen LogP contribution is -2.22. The second-order valence-corrected chi connectivity index (χ2v) is 7.19. The van der Waals surface area contributed by atoms with Crippen LogP contribution in [-0.4, -0.2) is 27.1 Å². The average molecular weight is 393 g/mol. The number of fused-ring (bicyclic) bond motifs is 2. The third kappa shape index (κ3) is 3.05. The van der Waals surface area contributed by atoms with Gasteiger partial charge in [-0.2, -0.15) is 0 Å². The smallest absolute Gasteiger partial charge is 0.203 e. The molecule has 0 radical (unpaired) electrons. The molecule has 0 saturated heterocycles. The summed E-state index contributed by atoms with van der Waals surface area (Å²) in [5, 5.41) is 13.3. The fraction of sp³-hybridized carbons (Fsp3) is 0.0476. The van der Waals surface area contributed by atoms with E-state index in [1.54, 1.807) is 54.6 Å². The highest BCUT2D eigenvalue weighted by atomic mass is 32.2. The summed E-state index contributed by atoms with van der Waals surface area (Å²) in [4.78, 5) is 25.9. The molecule has 1 aliphatic carbocycles. The largest absolute Gasteiger partial charge is 0.507 e. The van der Waals surface area contributed by atoms with Crippen LogP contribution in [0.4, 0.5) is 11.4 Å². The minimum atomic E-state index is -1.43. The SMILES string of the molecule is CS(=O)Oc1ccc(Nc2ccc(O)c3c2C(=O)c2ccccc2C3=O)cc1. The van der Waals surface area contributed by atoms with Crippen molar-refractivity contribution in [3.05, 3.63) is 82.9 Å². The second kappa shape index (κ2) is 6.94. The fourth-order valence-electron chi connectivity index (χ4n) is 3.19. The maximum Gasteiger partial charge on any atom is 0.203 e. The molecule has 0 fully saturated rings. The van der Waals surface area contributed by atoms with E-state index in [0.29, 0.717) is 22.7 Å². The summed E-state index contributed by atoms with van der Waals surface area (Å²) in [6.07, 6.45) is 1.43. The predicted octanol–water partition coefficient (Wildman–Crippen LogP) is 3.58. The van der Waals surface area contributed by atoms with Gasteiger partial charge in [-0.25, -0.2) is 4.21 Å². The Balaban J connectivity index is 1.75. The zero-order chi connectivity index (χ0) is 19.8. The van der Waals surface area contributed by atoms with Crippen LogP contribution in [0, 0.1) is 0 Å². The Morgan fingerprint density at radius 3 is 2.07 bits per heavy atom. The van der Waals surface area contributed by atoms with E-state index >= 15 is 0 Å². The topological polar surface area (TPSA) is 92.7 Å². The number of hydrogen-bond acceptors (Lipinski definition) is 6. The van der Waals surface area contributed by atoms with Crippen LogP contribution in [0.15, 0.2) is 60.7 Å². The van der Waals surface area contributed by atoms with Crippen LogP contribution in [0.2, 0.25) is 0 Å². The number of carbonyl (C=O) groups excluding carboxylic acids is 2. The van der Waals surface area contributed by atoms with E-state index in [9.17, 15) is 18.9 Å². The van der Waals surface area contributed by atoms with E-state index in [4.69, 9.17) is 4.18 Å². The minimum Gasteiger partial charge on any atom is -0.507 e. The minimum absolute atomic E-state index is 0.00460. The molecular weight excluding hydrogens is 378 g/mol. The summed E-state index contributed by atoms with van der Waals surface area (Å²) in [7, 11) is 0. The highest BCUT2D eigenvalue weighted by molar-refractivity contribution is 7.79. The molecule has 0 saturated carbocycles. The van der Waals surface area contributed by atoms with Gasteiger partial charge in [0.15, 0.2) is 11.6 Å². The van der Waals surface area contributed by atoms with Crippen LogP contribution in [0.25, 0.3) is 0 Å². The van der Waals surface area contributed by atoms with E-state index in [0.717, 1.165) is 0 Å². The highest BCUT2D eigenvalue weighted by Gasteiger charge is 2.33. The first-order valence-electron chi connectivity index (χ1n) is 8.39. The number of carbonyl (C=O) groups is 2. The quantitative estimate of drug-likeness (QED) is 0.515. The van der Waals surface area contributed by atoms with Crippen LogP contribution in [0.3, 0.4) is 0 Å². The van der Waals surface area contributed by atoms with Crippen molar-refractivity contribution in [2.75, 3.05) is 11.6 Å². The Labute approximate surface area is 163 Å². The monoisotopic (exact) mass is 393 g/mol. The van der Waals surface area contributed by atoms with Gasteiger partial charge >= 0.3 is 0 Å². The van der Waals surface area contributed by atoms with Crippen molar-refractivity contribution >= 4 is 34.0 Å². The maximum absolute atomic E-state index is 13.0. The van der Waals surface area contributed by atoms with Gasteiger partial charge in [-0.3, -0.25) is 9.59 Å². The summed E-state index contributed by atoms with van der Waals surface area (Å²) in [6, 6.07) is 16.2. The van der Waals surface area contributed by atoms with E-state index in [1.165, 1.54) is 12.3 Å². The Morgan fingerprint density at radius 2 is 1.46 bits per heavy atom. The molecule has 1 unspecified atom stereocenters. The molecule has 3 aromatic rings. The van der Waals surface area contributed by atoms with E-state index in [1.807, 2.05) is 0 Å². The van der Waals surface area contributed by atoms with Gasteiger partial charge in [0.05, 0.1) is 16.8 Å². The molecule has 0 amide bonds. The zero-order valence-electron chi connectivity index (χ0n) is 14.8. The van der Waals surface area contributed by atoms with Gasteiger partial charge < -0.3 is 14.6 Å². The second-order valence-electron chi connectivity index (χ2n) is 6.22. The van der Waals surface area contributed by atoms with E-state index in [-0.39, 0.29) is 34.0 Å². The van der Waals surface area contributed by atoms with Crippen LogP contribution in [0.5, 0.6) is 11.5 Å². The van der Waals surface area contributed by atoms with Crippen molar-refractivity contribution in [1.82, 2.24) is 0 Å². The van der Waals surface area contributed by atoms with Crippen LogP contribution >= 0.6 is 0 Å². The molecule has 1 atom stereocenters. The molecule has 2 N–H and O–H groups in total. The average Bonchev–Trinajstić information content (AvgIpc) is 2.68. The van der Waals surface area contributed by atoms with Crippen molar-refractivity contribution in [1.29, 1.82) is 0 Å². The van der Waals surface area contributed by atoms with Crippen molar-refractivity contribution in [3.8, 4) is 11.5 Å². The lowest BCUT2D eigenvalue weighted by Gasteiger charge is -2.21. The Kier molecular flexibility index (Phi) is 4.44. The lowest BCUT2D eigenvalue weighted by molar-refractivity contribution is 0.0977. The van der Waals surface area contributed by atoms with E-state index in [2.05, 4.69) is 5.32 Å². The molecule has 4 rings (SSSR count). The van der Waals surface area contributed by atoms with Gasteiger partial charge in [0.25, 0.3) is 0 Å². The number of ketones is 2. The molecule has 3 aromatic carbocycles. The van der Waals surface area contributed by atoms with Gasteiger partial charge in [0.2, 0.25) is 11.1 Å². The van der Waals surface area contributed by atoms with Crippen LogP contribution in [0.1, 0.15) is 31.8 Å². The molecule has 28 heavy (non-hydrogen) atoms. The van der Waals surface area contributed by atoms with Crippen molar-refractivity contribution in [2.24, 2.45) is 0 Å². The van der Waals surface area contributed by atoms with Gasteiger partial charge in [0.1, 0.15) is 11.5 Å². The molecule has 0 spiro atoms.